The number of hydrogen-bond acceptors (Lipinski definition) is 3. The van der Waals surface area contributed by atoms with Crippen molar-refractivity contribution in [2.45, 2.75) is 117 Å². The topological polar surface area (TPSA) is 63.6 Å². The molecule has 2 aromatic rings. The average molecular weight is 603 g/mol. The van der Waals surface area contributed by atoms with Crippen LogP contribution in [0.15, 0.2) is 54.6 Å². The molecule has 0 saturated heterocycles. The number of ether oxygens (including phenoxy) is 1. The molecule has 2 fully saturated rings. The summed E-state index contributed by atoms with van der Waals surface area (Å²) < 4.78 is 22.1. The maximum absolute atomic E-state index is 15.4. The highest BCUT2D eigenvalue weighted by atomic mass is 19.1. The van der Waals surface area contributed by atoms with E-state index < -0.39 is 5.97 Å². The van der Waals surface area contributed by atoms with Gasteiger partial charge in [-0.2, -0.15) is 0 Å². The van der Waals surface area contributed by atoms with Crippen molar-refractivity contribution in [1.29, 1.82) is 0 Å². The minimum atomic E-state index is -0.924. The maximum Gasteiger partial charge on any atom is 0.307 e. The van der Waals surface area contributed by atoms with Crippen LogP contribution in [-0.2, 0) is 9.59 Å². The second kappa shape index (κ2) is 14.7. The molecule has 44 heavy (non-hydrogen) atoms. The van der Waals surface area contributed by atoms with Crippen LogP contribution in [0, 0.1) is 23.1 Å². The Bertz CT molecular complexity index is 1380. The number of hydrogen-bond donors (Lipinski definition) is 1. The normalized spacial score (nSPS) is 19.8. The van der Waals surface area contributed by atoms with Crippen molar-refractivity contribution in [2.24, 2.45) is 17.3 Å². The monoisotopic (exact) mass is 602 g/mol. The molecule has 0 bridgehead atoms. The summed E-state index contributed by atoms with van der Waals surface area (Å²) in [6.45, 7) is 14.8. The van der Waals surface area contributed by atoms with Gasteiger partial charge in [-0.05, 0) is 108 Å². The first kappa shape index (κ1) is 33.7. The Labute approximate surface area is 263 Å². The molecule has 0 spiro atoms. The van der Waals surface area contributed by atoms with E-state index in [1.54, 1.807) is 12.1 Å². The van der Waals surface area contributed by atoms with Crippen LogP contribution in [0.3, 0.4) is 0 Å². The minimum absolute atomic E-state index is 0.0202. The van der Waals surface area contributed by atoms with Crippen molar-refractivity contribution >= 4 is 17.3 Å². The molecule has 0 amide bonds. The molecule has 1 unspecified atom stereocenters. The molecule has 2 saturated carbocycles. The molecule has 2 aliphatic carbocycles. The van der Waals surface area contributed by atoms with Crippen molar-refractivity contribution in [3.8, 4) is 16.9 Å². The third kappa shape index (κ3) is 8.28. The predicted octanol–water partition coefficient (Wildman–Crippen LogP) is 10.6. The molecule has 2 aliphatic rings. The van der Waals surface area contributed by atoms with Gasteiger partial charge in [0.15, 0.2) is 0 Å². The largest absolute Gasteiger partial charge is 0.490 e. The van der Waals surface area contributed by atoms with Gasteiger partial charge in [-0.3, -0.25) is 9.59 Å². The Balaban J connectivity index is 1.62. The van der Waals surface area contributed by atoms with Gasteiger partial charge in [0.1, 0.15) is 17.3 Å². The van der Waals surface area contributed by atoms with E-state index in [1.807, 2.05) is 37.3 Å². The number of benzene rings is 2. The number of rotatable bonds is 15. The van der Waals surface area contributed by atoms with Gasteiger partial charge < -0.3 is 9.84 Å². The molecule has 2 aromatic carbocycles. The quantitative estimate of drug-likeness (QED) is 0.206. The van der Waals surface area contributed by atoms with Crippen LogP contribution < -0.4 is 4.74 Å². The lowest BCUT2D eigenvalue weighted by Crippen LogP contribution is -2.22. The molecule has 238 valence electrons. The number of ketones is 1. The molecule has 0 radical (unpaired) electrons. The van der Waals surface area contributed by atoms with Crippen molar-refractivity contribution in [3.63, 3.8) is 0 Å². The fourth-order valence-electron chi connectivity index (χ4n) is 6.92. The van der Waals surface area contributed by atoms with E-state index in [9.17, 15) is 14.7 Å². The van der Waals surface area contributed by atoms with Crippen LogP contribution in [0.2, 0.25) is 0 Å². The lowest BCUT2D eigenvalue weighted by Gasteiger charge is -2.29. The standard InChI is InChI=1S/C39H51FO4/c1-7-11-31(25(3)20-37(42)43)29-17-19-36(33(23-29)32-14-10-15-34(40)38(32)28-12-9-13-28)44-30-18-16-27(21-30)22-35(41)26(4)24-39(5,6)8-2/h10-11,14-15,17,19,23,26-28,30H,3,7-9,12-13,16,18,20-22,24H2,1-2,4-6H3,(H,42,43)/b31-11+/t26?,27-,30-/m1/s1. The van der Waals surface area contributed by atoms with Crippen molar-refractivity contribution in [3.05, 3.63) is 71.6 Å². The van der Waals surface area contributed by atoms with Gasteiger partial charge in [0, 0.05) is 17.9 Å². The maximum atomic E-state index is 15.4. The molecule has 0 aromatic heterocycles. The van der Waals surface area contributed by atoms with Crippen LogP contribution in [0.4, 0.5) is 4.39 Å². The zero-order chi connectivity index (χ0) is 32.0. The fourth-order valence-corrected chi connectivity index (χ4v) is 6.92. The second-order valence-corrected chi connectivity index (χ2v) is 14.0. The van der Waals surface area contributed by atoms with Gasteiger partial charge in [0.05, 0.1) is 12.5 Å². The first-order valence-electron chi connectivity index (χ1n) is 16.6. The van der Waals surface area contributed by atoms with E-state index in [0.29, 0.717) is 29.4 Å². The molecule has 0 heterocycles. The van der Waals surface area contributed by atoms with E-state index in [-0.39, 0.29) is 35.6 Å². The zero-order valence-electron chi connectivity index (χ0n) is 27.4. The Morgan fingerprint density at radius 2 is 1.86 bits per heavy atom. The van der Waals surface area contributed by atoms with Gasteiger partial charge in [0.25, 0.3) is 0 Å². The summed E-state index contributed by atoms with van der Waals surface area (Å²) >= 11 is 0. The van der Waals surface area contributed by atoms with Crippen LogP contribution >= 0.6 is 0 Å². The van der Waals surface area contributed by atoms with Gasteiger partial charge in [0.2, 0.25) is 0 Å². The van der Waals surface area contributed by atoms with Gasteiger partial charge >= 0.3 is 5.97 Å². The van der Waals surface area contributed by atoms with Crippen LogP contribution in [0.5, 0.6) is 5.75 Å². The van der Waals surface area contributed by atoms with Gasteiger partial charge in [-0.15, -0.1) is 0 Å². The highest BCUT2D eigenvalue weighted by Crippen LogP contribution is 2.46. The molecule has 5 heteroatoms. The summed E-state index contributed by atoms with van der Waals surface area (Å²) in [5.41, 5.74) is 4.75. The van der Waals surface area contributed by atoms with Crippen LogP contribution in [0.1, 0.15) is 122 Å². The summed E-state index contributed by atoms with van der Waals surface area (Å²) in [7, 11) is 0. The Hall–Kier alpha value is -3.21. The number of carboxylic acid groups (broad SMARTS) is 1. The smallest absolute Gasteiger partial charge is 0.307 e. The first-order chi connectivity index (χ1) is 20.9. The summed E-state index contributed by atoms with van der Waals surface area (Å²) in [4.78, 5) is 24.6. The molecular weight excluding hydrogens is 551 g/mol. The van der Waals surface area contributed by atoms with Crippen molar-refractivity contribution in [1.82, 2.24) is 0 Å². The van der Waals surface area contributed by atoms with E-state index in [2.05, 4.69) is 34.3 Å². The number of carbonyl (C=O) groups excluding carboxylic acids is 1. The summed E-state index contributed by atoms with van der Waals surface area (Å²) in [6, 6.07) is 11.2. The number of aliphatic carboxylic acids is 1. The predicted molar refractivity (Wildman–Crippen MR) is 177 cm³/mol. The third-order valence-electron chi connectivity index (χ3n) is 9.94. The number of Topliss-reactive ketones (excluding diaryl/α,β-unsaturated/α-hetero) is 1. The summed E-state index contributed by atoms with van der Waals surface area (Å²) in [5, 5.41) is 9.44. The van der Waals surface area contributed by atoms with Crippen molar-refractivity contribution < 1.29 is 23.8 Å². The van der Waals surface area contributed by atoms with E-state index >= 15 is 4.39 Å². The number of carboxylic acids is 1. The van der Waals surface area contributed by atoms with Gasteiger partial charge in [-0.25, -0.2) is 4.39 Å². The van der Waals surface area contributed by atoms with Crippen LogP contribution in [0.25, 0.3) is 16.7 Å². The molecule has 1 N–H and O–H groups in total. The Morgan fingerprint density at radius 3 is 2.50 bits per heavy atom. The number of carbonyl (C=O) groups is 2. The summed E-state index contributed by atoms with van der Waals surface area (Å²) in [5.74, 6) is 0.481. The van der Waals surface area contributed by atoms with Gasteiger partial charge in [-0.1, -0.05) is 78.3 Å². The SMILES string of the molecule is C=C(CC(=O)O)/C(=C\CC)c1ccc(O[C@@H]2CC[C@@H](CC(=O)C(C)CC(C)(C)CC)C2)c(-c2cccc(F)c2C2CCC2)c1. The van der Waals surface area contributed by atoms with Crippen LogP contribution in [-0.4, -0.2) is 23.0 Å². The highest BCUT2D eigenvalue weighted by molar-refractivity contribution is 5.87. The zero-order valence-corrected chi connectivity index (χ0v) is 27.4. The molecule has 3 atom stereocenters. The third-order valence-corrected chi connectivity index (χ3v) is 9.94. The lowest BCUT2D eigenvalue weighted by atomic mass is 9.76. The molecule has 0 aliphatic heterocycles. The van der Waals surface area contributed by atoms with E-state index in [1.165, 1.54) is 0 Å². The summed E-state index contributed by atoms with van der Waals surface area (Å²) in [6.07, 6.45) is 10.8. The highest BCUT2D eigenvalue weighted by Gasteiger charge is 2.32. The average Bonchev–Trinajstić information content (AvgIpc) is 3.38. The molecule has 4 nitrogen and oxygen atoms in total. The Morgan fingerprint density at radius 1 is 1.11 bits per heavy atom. The number of allylic oxidation sites excluding steroid dienone is 2. The molecule has 4 rings (SSSR count). The van der Waals surface area contributed by atoms with E-state index in [0.717, 1.165) is 85.6 Å². The number of halogens is 1. The minimum Gasteiger partial charge on any atom is -0.490 e. The molecular formula is C39H51FO4. The first-order valence-corrected chi connectivity index (χ1v) is 16.6. The van der Waals surface area contributed by atoms with Crippen molar-refractivity contribution in [2.75, 3.05) is 0 Å². The second-order valence-electron chi connectivity index (χ2n) is 14.0. The lowest BCUT2D eigenvalue weighted by molar-refractivity contribution is -0.136. The Kier molecular flexibility index (Phi) is 11.3. The fraction of sp³-hybridized carbons (Fsp3) is 0.538. The van der Waals surface area contributed by atoms with E-state index in [4.69, 9.17) is 4.74 Å².